The first-order chi connectivity index (χ1) is 16.3. The lowest BCUT2D eigenvalue weighted by atomic mass is 10.2. The number of ether oxygens (including phenoxy) is 1. The van der Waals surface area contributed by atoms with Crippen LogP contribution in [0.25, 0.3) is 0 Å². The normalized spacial score (nSPS) is 11.0. The first kappa shape index (κ1) is 22.9. The van der Waals surface area contributed by atoms with Crippen LogP contribution in [-0.2, 0) is 10.0 Å². The Morgan fingerprint density at radius 2 is 1.71 bits per heavy atom. The van der Waals surface area contributed by atoms with Gasteiger partial charge in [0.25, 0.3) is 15.9 Å². The molecule has 0 bridgehead atoms. The highest BCUT2D eigenvalue weighted by atomic mass is 32.2. The van der Waals surface area contributed by atoms with Crippen LogP contribution in [0.4, 0.5) is 11.5 Å². The molecular weight excluding hydrogens is 454 g/mol. The third kappa shape index (κ3) is 5.73. The van der Waals surface area contributed by atoms with Crippen molar-refractivity contribution in [1.29, 1.82) is 0 Å². The molecule has 0 spiro atoms. The summed E-state index contributed by atoms with van der Waals surface area (Å²) in [6.45, 7) is 3.44. The van der Waals surface area contributed by atoms with Crippen LogP contribution >= 0.6 is 0 Å². The number of sulfonamides is 1. The highest BCUT2D eigenvalue weighted by Gasteiger charge is 2.16. The first-order valence-corrected chi connectivity index (χ1v) is 11.7. The molecule has 4 aromatic rings. The number of carbonyl (C=O) groups is 1. The average Bonchev–Trinajstić information content (AvgIpc) is 2.79. The topological polar surface area (TPSA) is 123 Å². The van der Waals surface area contributed by atoms with Gasteiger partial charge in [0.05, 0.1) is 4.90 Å². The summed E-state index contributed by atoms with van der Waals surface area (Å²) in [5, 5.41) is 2.75. The van der Waals surface area contributed by atoms with Gasteiger partial charge in [-0.2, -0.15) is 0 Å². The van der Waals surface area contributed by atoms with Crippen molar-refractivity contribution in [3.63, 3.8) is 0 Å². The van der Waals surface area contributed by atoms with Crippen molar-refractivity contribution < 1.29 is 17.9 Å². The quantitative estimate of drug-likeness (QED) is 0.408. The van der Waals surface area contributed by atoms with Crippen molar-refractivity contribution in [2.45, 2.75) is 18.7 Å². The number of hydrogen-bond acceptors (Lipinski definition) is 7. The number of benzene rings is 2. The minimum atomic E-state index is -3.86. The molecule has 2 aromatic heterocycles. The van der Waals surface area contributed by atoms with Crippen molar-refractivity contribution in [1.82, 2.24) is 15.0 Å². The largest absolute Gasteiger partial charge is 0.439 e. The monoisotopic (exact) mass is 475 g/mol. The smallest absolute Gasteiger partial charge is 0.263 e. The van der Waals surface area contributed by atoms with E-state index in [1.807, 2.05) is 0 Å². The molecule has 4 rings (SSSR count). The zero-order valence-corrected chi connectivity index (χ0v) is 19.2. The Morgan fingerprint density at radius 3 is 2.41 bits per heavy atom. The summed E-state index contributed by atoms with van der Waals surface area (Å²) < 4.78 is 33.5. The predicted molar refractivity (Wildman–Crippen MR) is 127 cm³/mol. The summed E-state index contributed by atoms with van der Waals surface area (Å²) >= 11 is 0. The van der Waals surface area contributed by atoms with Gasteiger partial charge in [-0.1, -0.05) is 12.1 Å². The minimum absolute atomic E-state index is 0.0326. The second kappa shape index (κ2) is 9.67. The zero-order chi connectivity index (χ0) is 24.1. The number of rotatable bonds is 7. The average molecular weight is 476 g/mol. The fourth-order valence-electron chi connectivity index (χ4n) is 3.12. The molecule has 9 nitrogen and oxygen atoms in total. The molecule has 34 heavy (non-hydrogen) atoms. The summed E-state index contributed by atoms with van der Waals surface area (Å²) in [7, 11) is -3.86. The second-order valence-corrected chi connectivity index (χ2v) is 9.01. The molecule has 0 unspecified atom stereocenters. The summed E-state index contributed by atoms with van der Waals surface area (Å²) in [6.07, 6.45) is 1.61. The van der Waals surface area contributed by atoms with Crippen LogP contribution < -0.4 is 14.8 Å². The fraction of sp³-hybridized carbons (Fsp3) is 0.0833. The number of pyridine rings is 1. The number of nitrogens with one attached hydrogen (secondary N) is 2. The van der Waals surface area contributed by atoms with E-state index >= 15 is 0 Å². The van der Waals surface area contributed by atoms with Crippen LogP contribution in [-0.4, -0.2) is 29.3 Å². The van der Waals surface area contributed by atoms with E-state index < -0.39 is 10.0 Å². The maximum atomic E-state index is 12.7. The van der Waals surface area contributed by atoms with Gasteiger partial charge in [0, 0.05) is 35.3 Å². The Morgan fingerprint density at radius 1 is 0.912 bits per heavy atom. The molecule has 2 aromatic carbocycles. The maximum Gasteiger partial charge on any atom is 0.263 e. The van der Waals surface area contributed by atoms with E-state index in [9.17, 15) is 13.2 Å². The summed E-state index contributed by atoms with van der Waals surface area (Å²) in [4.78, 5) is 25.0. The Bertz CT molecular complexity index is 1410. The van der Waals surface area contributed by atoms with Gasteiger partial charge in [0.1, 0.15) is 17.4 Å². The van der Waals surface area contributed by atoms with Gasteiger partial charge in [-0.15, -0.1) is 0 Å². The number of nitrogens with zero attached hydrogens (tertiary/aromatic N) is 3. The standard InChI is InChI=1S/C24H21N5O4S/c1-16-14-22(27-17(2)26-16)29-34(31,32)21-11-9-19(10-12-21)28-24(30)18-6-5-7-20(15-18)33-23-8-3-4-13-25-23/h3-15H,1-2H3,(H,28,30)(H,26,27,29). The minimum Gasteiger partial charge on any atom is -0.439 e. The summed E-state index contributed by atoms with van der Waals surface area (Å²) in [5.41, 5.74) is 1.47. The number of aryl methyl sites for hydroxylation is 2. The number of carbonyl (C=O) groups excluding carboxylic acids is 1. The van der Waals surface area contributed by atoms with Crippen molar-refractivity contribution in [3.8, 4) is 11.6 Å². The highest BCUT2D eigenvalue weighted by Crippen LogP contribution is 2.22. The van der Waals surface area contributed by atoms with Crippen LogP contribution in [0.1, 0.15) is 21.9 Å². The Kier molecular flexibility index (Phi) is 6.51. The molecule has 2 N–H and O–H groups in total. The molecule has 0 aliphatic carbocycles. The van der Waals surface area contributed by atoms with Gasteiger partial charge >= 0.3 is 0 Å². The SMILES string of the molecule is Cc1cc(NS(=O)(=O)c2ccc(NC(=O)c3cccc(Oc4ccccn4)c3)cc2)nc(C)n1. The molecule has 10 heteroatoms. The number of amides is 1. The fourth-order valence-corrected chi connectivity index (χ4v) is 4.11. The van der Waals surface area contributed by atoms with Crippen LogP contribution in [0.2, 0.25) is 0 Å². The van der Waals surface area contributed by atoms with Gasteiger partial charge in [-0.25, -0.2) is 23.4 Å². The molecule has 2 heterocycles. The number of hydrogen-bond donors (Lipinski definition) is 2. The molecule has 0 fully saturated rings. The zero-order valence-electron chi connectivity index (χ0n) is 18.4. The molecule has 0 aliphatic rings. The summed E-state index contributed by atoms with van der Waals surface area (Å²) in [6, 6.07) is 19.3. The third-order valence-electron chi connectivity index (χ3n) is 4.58. The van der Waals surface area contributed by atoms with Gasteiger partial charge in [0.15, 0.2) is 0 Å². The van der Waals surface area contributed by atoms with Crippen molar-refractivity contribution in [2.75, 3.05) is 10.0 Å². The number of aromatic nitrogens is 3. The highest BCUT2D eigenvalue weighted by molar-refractivity contribution is 7.92. The first-order valence-electron chi connectivity index (χ1n) is 10.2. The molecule has 1 amide bonds. The Labute approximate surface area is 196 Å². The van der Waals surface area contributed by atoms with E-state index in [4.69, 9.17) is 4.74 Å². The van der Waals surface area contributed by atoms with Gasteiger partial charge < -0.3 is 10.1 Å². The van der Waals surface area contributed by atoms with Crippen LogP contribution in [0.3, 0.4) is 0 Å². The second-order valence-electron chi connectivity index (χ2n) is 7.32. The Hall–Kier alpha value is -4.31. The van der Waals surface area contributed by atoms with E-state index in [1.54, 1.807) is 68.6 Å². The Balaban J connectivity index is 1.44. The molecule has 0 saturated carbocycles. The van der Waals surface area contributed by atoms with E-state index in [0.717, 1.165) is 0 Å². The van der Waals surface area contributed by atoms with E-state index in [0.29, 0.717) is 34.4 Å². The van der Waals surface area contributed by atoms with Crippen molar-refractivity contribution in [2.24, 2.45) is 0 Å². The van der Waals surface area contributed by atoms with Gasteiger partial charge in [0.2, 0.25) is 5.88 Å². The third-order valence-corrected chi connectivity index (χ3v) is 5.95. The summed E-state index contributed by atoms with van der Waals surface area (Å²) in [5.74, 6) is 1.17. The molecular formula is C24H21N5O4S. The predicted octanol–water partition coefficient (Wildman–Crippen LogP) is 4.33. The lowest BCUT2D eigenvalue weighted by molar-refractivity contribution is 0.102. The molecule has 0 saturated heterocycles. The molecule has 172 valence electrons. The van der Waals surface area contributed by atoms with Gasteiger partial charge in [-0.3, -0.25) is 9.52 Å². The lowest BCUT2D eigenvalue weighted by Gasteiger charge is -2.10. The number of anilines is 2. The van der Waals surface area contributed by atoms with Crippen molar-refractivity contribution in [3.05, 3.63) is 96.1 Å². The van der Waals surface area contributed by atoms with Crippen molar-refractivity contribution >= 4 is 27.4 Å². The maximum absolute atomic E-state index is 12.7. The van der Waals surface area contributed by atoms with Crippen LogP contribution in [0, 0.1) is 13.8 Å². The molecule has 0 radical (unpaired) electrons. The molecule has 0 atom stereocenters. The van der Waals surface area contributed by atoms with E-state index in [1.165, 1.54) is 24.3 Å². The lowest BCUT2D eigenvalue weighted by Crippen LogP contribution is -2.15. The molecule has 0 aliphatic heterocycles. The van der Waals surface area contributed by atoms with E-state index in [-0.39, 0.29) is 16.6 Å². The van der Waals surface area contributed by atoms with Crippen LogP contribution in [0.5, 0.6) is 11.6 Å². The van der Waals surface area contributed by atoms with Crippen LogP contribution in [0.15, 0.2) is 83.9 Å². The van der Waals surface area contributed by atoms with Gasteiger partial charge in [-0.05, 0) is 62.4 Å². The van der Waals surface area contributed by atoms with E-state index in [2.05, 4.69) is 25.0 Å².